The van der Waals surface area contributed by atoms with Crippen molar-refractivity contribution >= 4 is 12.6 Å². The zero-order valence-corrected chi connectivity index (χ0v) is 9.17. The smallest absolute Gasteiger partial charge is 0.389 e. The van der Waals surface area contributed by atoms with Crippen molar-refractivity contribution in [2.24, 2.45) is 0 Å². The third kappa shape index (κ3) is 8.69. The summed E-state index contributed by atoms with van der Waals surface area (Å²) in [7, 11) is 0. The predicted molar refractivity (Wildman–Crippen MR) is 53.6 cm³/mol. The minimum atomic E-state index is -4.05. The number of unbranched alkanes of at least 4 members (excludes halogenated alkanes) is 2. The molecule has 0 spiro atoms. The lowest BCUT2D eigenvalue weighted by atomic mass is 10.00. The first-order valence-electron chi connectivity index (χ1n) is 4.67. The molecule has 0 fully saturated rings. The first kappa shape index (κ1) is 14.1. The van der Waals surface area contributed by atoms with Crippen LogP contribution in [0.25, 0.3) is 0 Å². The molecule has 0 rings (SSSR count). The molecule has 0 heterocycles. The van der Waals surface area contributed by atoms with Crippen molar-refractivity contribution in [2.45, 2.75) is 50.8 Å². The Balaban J connectivity index is 3.39. The average molecular weight is 230 g/mol. The molecule has 86 valence electrons. The lowest BCUT2D eigenvalue weighted by Crippen LogP contribution is -2.25. The Morgan fingerprint density at radius 1 is 1.07 bits per heavy atom. The molecule has 0 aliphatic heterocycles. The summed E-state index contributed by atoms with van der Waals surface area (Å²) in [5.74, 6) is 0.340. The summed E-state index contributed by atoms with van der Waals surface area (Å²) >= 11 is 3.94. The van der Waals surface area contributed by atoms with Gasteiger partial charge >= 0.3 is 6.18 Å². The maximum Gasteiger partial charge on any atom is 0.389 e. The SMILES string of the molecule is CC(O)(CS)CCCCCC(F)(F)F. The van der Waals surface area contributed by atoms with Crippen molar-refractivity contribution in [3.8, 4) is 0 Å². The van der Waals surface area contributed by atoms with Gasteiger partial charge in [0.1, 0.15) is 0 Å². The predicted octanol–water partition coefficient (Wildman–Crippen LogP) is 3.18. The molecule has 0 amide bonds. The van der Waals surface area contributed by atoms with Gasteiger partial charge in [-0.3, -0.25) is 0 Å². The van der Waals surface area contributed by atoms with Crippen molar-refractivity contribution in [2.75, 3.05) is 5.75 Å². The van der Waals surface area contributed by atoms with Gasteiger partial charge in [-0.1, -0.05) is 12.8 Å². The minimum absolute atomic E-state index is 0.145. The molecule has 1 nitrogen and oxygen atoms in total. The number of thiol groups is 1. The van der Waals surface area contributed by atoms with Crippen LogP contribution in [0, 0.1) is 0 Å². The van der Waals surface area contributed by atoms with E-state index in [1.54, 1.807) is 6.92 Å². The van der Waals surface area contributed by atoms with Crippen LogP contribution in [0.2, 0.25) is 0 Å². The van der Waals surface area contributed by atoms with E-state index in [9.17, 15) is 18.3 Å². The Morgan fingerprint density at radius 2 is 1.57 bits per heavy atom. The van der Waals surface area contributed by atoms with Crippen LogP contribution in [0.15, 0.2) is 0 Å². The minimum Gasteiger partial charge on any atom is -0.389 e. The molecular formula is C9H17F3OS. The molecular weight excluding hydrogens is 213 g/mol. The van der Waals surface area contributed by atoms with E-state index in [1.165, 1.54) is 0 Å². The van der Waals surface area contributed by atoms with Crippen LogP contribution >= 0.6 is 12.6 Å². The van der Waals surface area contributed by atoms with Gasteiger partial charge in [0.15, 0.2) is 0 Å². The Labute approximate surface area is 88.1 Å². The Morgan fingerprint density at radius 3 is 2.00 bits per heavy atom. The van der Waals surface area contributed by atoms with Crippen LogP contribution in [0.4, 0.5) is 13.2 Å². The van der Waals surface area contributed by atoms with Gasteiger partial charge < -0.3 is 5.11 Å². The molecule has 1 atom stereocenters. The molecule has 0 aliphatic rings. The summed E-state index contributed by atoms with van der Waals surface area (Å²) in [4.78, 5) is 0. The van der Waals surface area contributed by atoms with Gasteiger partial charge in [-0.2, -0.15) is 25.8 Å². The molecule has 0 aromatic heterocycles. The van der Waals surface area contributed by atoms with Crippen LogP contribution in [-0.2, 0) is 0 Å². The topological polar surface area (TPSA) is 20.2 Å². The third-order valence-electron chi connectivity index (χ3n) is 2.02. The van der Waals surface area contributed by atoms with Crippen molar-refractivity contribution < 1.29 is 18.3 Å². The van der Waals surface area contributed by atoms with Crippen LogP contribution in [0.1, 0.15) is 39.0 Å². The van der Waals surface area contributed by atoms with Gasteiger partial charge in [-0.25, -0.2) is 0 Å². The Hall–Kier alpha value is 0.100. The zero-order valence-electron chi connectivity index (χ0n) is 8.27. The number of hydrogen-bond donors (Lipinski definition) is 2. The van der Waals surface area contributed by atoms with E-state index in [2.05, 4.69) is 12.6 Å². The van der Waals surface area contributed by atoms with E-state index in [0.29, 0.717) is 25.0 Å². The molecule has 5 heteroatoms. The fraction of sp³-hybridized carbons (Fsp3) is 1.00. The van der Waals surface area contributed by atoms with Crippen LogP contribution < -0.4 is 0 Å². The lowest BCUT2D eigenvalue weighted by Gasteiger charge is -2.20. The lowest BCUT2D eigenvalue weighted by molar-refractivity contribution is -0.135. The van der Waals surface area contributed by atoms with Gasteiger partial charge in [0.05, 0.1) is 5.60 Å². The van der Waals surface area contributed by atoms with Gasteiger partial charge in [0, 0.05) is 12.2 Å². The molecule has 0 aromatic rings. The third-order valence-corrected chi connectivity index (χ3v) is 2.70. The van der Waals surface area contributed by atoms with Gasteiger partial charge in [0.25, 0.3) is 0 Å². The van der Waals surface area contributed by atoms with E-state index in [-0.39, 0.29) is 6.42 Å². The van der Waals surface area contributed by atoms with Gasteiger partial charge in [0.2, 0.25) is 0 Å². The highest BCUT2D eigenvalue weighted by atomic mass is 32.1. The van der Waals surface area contributed by atoms with Crippen LogP contribution in [0.5, 0.6) is 0 Å². The second-order valence-electron chi connectivity index (χ2n) is 3.83. The normalized spacial score (nSPS) is 16.7. The summed E-state index contributed by atoms with van der Waals surface area (Å²) in [6.07, 6.45) is -3.00. The summed E-state index contributed by atoms with van der Waals surface area (Å²) < 4.78 is 35.2. The van der Waals surface area contributed by atoms with E-state index < -0.39 is 18.2 Å². The first-order valence-corrected chi connectivity index (χ1v) is 5.30. The number of aliphatic hydroxyl groups is 1. The average Bonchev–Trinajstić information content (AvgIpc) is 2.01. The number of rotatable bonds is 6. The molecule has 1 unspecified atom stereocenters. The van der Waals surface area contributed by atoms with Crippen molar-refractivity contribution in [1.29, 1.82) is 0 Å². The molecule has 0 radical (unpaired) electrons. The summed E-state index contributed by atoms with van der Waals surface area (Å²) in [5, 5.41) is 9.48. The van der Waals surface area contributed by atoms with Crippen molar-refractivity contribution in [3.05, 3.63) is 0 Å². The van der Waals surface area contributed by atoms with E-state index in [4.69, 9.17) is 0 Å². The molecule has 1 N–H and O–H groups in total. The molecule has 14 heavy (non-hydrogen) atoms. The van der Waals surface area contributed by atoms with Gasteiger partial charge in [-0.05, 0) is 19.8 Å². The number of alkyl halides is 3. The van der Waals surface area contributed by atoms with Crippen molar-refractivity contribution in [1.82, 2.24) is 0 Å². The highest BCUT2D eigenvalue weighted by molar-refractivity contribution is 7.80. The maximum atomic E-state index is 11.7. The second-order valence-corrected chi connectivity index (χ2v) is 4.15. The molecule has 0 aromatic carbocycles. The van der Waals surface area contributed by atoms with Crippen LogP contribution in [-0.4, -0.2) is 22.6 Å². The van der Waals surface area contributed by atoms with Crippen molar-refractivity contribution in [3.63, 3.8) is 0 Å². The van der Waals surface area contributed by atoms with E-state index >= 15 is 0 Å². The quantitative estimate of drug-likeness (QED) is 0.530. The van der Waals surface area contributed by atoms with Crippen LogP contribution in [0.3, 0.4) is 0 Å². The Kier molecular flexibility index (Phi) is 5.90. The molecule has 0 saturated carbocycles. The van der Waals surface area contributed by atoms with E-state index in [1.807, 2.05) is 0 Å². The standard InChI is InChI=1S/C9H17F3OS/c1-8(13,7-14)5-3-2-4-6-9(10,11)12/h13-14H,2-7H2,1H3. The number of hydrogen-bond acceptors (Lipinski definition) is 2. The van der Waals surface area contributed by atoms with E-state index in [0.717, 1.165) is 0 Å². The second kappa shape index (κ2) is 5.85. The molecule has 0 saturated heterocycles. The highest BCUT2D eigenvalue weighted by Gasteiger charge is 2.26. The first-order chi connectivity index (χ1) is 6.27. The molecule has 0 aliphatic carbocycles. The molecule has 0 bridgehead atoms. The Bertz CT molecular complexity index is 157. The van der Waals surface area contributed by atoms with Gasteiger partial charge in [-0.15, -0.1) is 0 Å². The fourth-order valence-electron chi connectivity index (χ4n) is 1.09. The number of halogens is 3. The largest absolute Gasteiger partial charge is 0.389 e. The summed E-state index contributed by atoms with van der Waals surface area (Å²) in [6.45, 7) is 1.64. The maximum absolute atomic E-state index is 11.7. The highest BCUT2D eigenvalue weighted by Crippen LogP contribution is 2.24. The fourth-order valence-corrected chi connectivity index (χ4v) is 1.25. The summed E-state index contributed by atoms with van der Waals surface area (Å²) in [5.41, 5.74) is -0.846. The zero-order chi connectivity index (χ0) is 11.2. The monoisotopic (exact) mass is 230 g/mol. The summed E-state index contributed by atoms with van der Waals surface area (Å²) in [6, 6.07) is 0.